The highest BCUT2D eigenvalue weighted by atomic mass is 19.3. The van der Waals surface area contributed by atoms with E-state index in [2.05, 4.69) is 25.3 Å². The summed E-state index contributed by atoms with van der Waals surface area (Å²) in [7, 11) is 1.44. The van der Waals surface area contributed by atoms with Gasteiger partial charge in [0.05, 0.1) is 13.0 Å². The van der Waals surface area contributed by atoms with Gasteiger partial charge in [-0.3, -0.25) is 4.79 Å². The molecular formula is C25H27F2N5O2. The van der Waals surface area contributed by atoms with Crippen molar-refractivity contribution in [2.75, 3.05) is 12.4 Å². The number of aromatic nitrogens is 4. The number of rotatable bonds is 7. The van der Waals surface area contributed by atoms with Crippen LogP contribution in [0.25, 0.3) is 11.1 Å². The largest absolute Gasteiger partial charge is 0.469 e. The molecule has 2 heterocycles. The zero-order valence-electron chi connectivity index (χ0n) is 19.2. The van der Waals surface area contributed by atoms with Gasteiger partial charge in [-0.1, -0.05) is 6.07 Å². The lowest BCUT2D eigenvalue weighted by atomic mass is 9.80. The van der Waals surface area contributed by atoms with Crippen LogP contribution in [0.15, 0.2) is 42.9 Å². The molecule has 7 nitrogen and oxygen atoms in total. The number of ether oxygens (including phenoxy) is 1. The summed E-state index contributed by atoms with van der Waals surface area (Å²) in [4.78, 5) is 28.7. The van der Waals surface area contributed by atoms with Crippen LogP contribution in [0.4, 0.5) is 20.4 Å². The quantitative estimate of drug-likeness (QED) is 0.463. The highest BCUT2D eigenvalue weighted by Crippen LogP contribution is 2.31. The Labute approximate surface area is 197 Å². The Morgan fingerprint density at radius 3 is 2.50 bits per heavy atom. The van der Waals surface area contributed by atoms with Crippen molar-refractivity contribution in [3.63, 3.8) is 0 Å². The number of halogens is 2. The van der Waals surface area contributed by atoms with E-state index in [4.69, 9.17) is 4.74 Å². The van der Waals surface area contributed by atoms with Gasteiger partial charge in [0.15, 0.2) is 0 Å². The fourth-order valence-electron chi connectivity index (χ4n) is 4.34. The average molecular weight is 468 g/mol. The number of methoxy groups -OCH3 is 1. The lowest BCUT2D eigenvalue weighted by molar-refractivity contribution is -0.146. The van der Waals surface area contributed by atoms with E-state index in [1.807, 2.05) is 25.1 Å². The topological polar surface area (TPSA) is 89.9 Å². The Bertz CT molecular complexity index is 1130. The second-order valence-corrected chi connectivity index (χ2v) is 8.65. The summed E-state index contributed by atoms with van der Waals surface area (Å²) in [6.07, 6.45) is 6.66. The first-order valence-corrected chi connectivity index (χ1v) is 11.3. The fourth-order valence-corrected chi connectivity index (χ4v) is 4.34. The second-order valence-electron chi connectivity index (χ2n) is 8.65. The molecule has 1 N–H and O–H groups in total. The Hall–Kier alpha value is -3.49. The van der Waals surface area contributed by atoms with Crippen LogP contribution in [-0.2, 0) is 16.0 Å². The number of esters is 1. The molecule has 0 saturated heterocycles. The molecule has 9 heteroatoms. The average Bonchev–Trinajstić information content (AvgIpc) is 2.84. The highest BCUT2D eigenvalue weighted by molar-refractivity contribution is 5.72. The third-order valence-electron chi connectivity index (χ3n) is 6.13. The Morgan fingerprint density at radius 1 is 1.09 bits per heavy atom. The number of nitrogens with zero attached hydrogens (tertiary/aromatic N) is 4. The van der Waals surface area contributed by atoms with Crippen molar-refractivity contribution in [2.45, 2.75) is 45.5 Å². The fraction of sp³-hybridized carbons (Fsp3) is 0.400. The first-order valence-electron chi connectivity index (χ1n) is 11.3. The Balaban J connectivity index is 1.42. The molecule has 0 bridgehead atoms. The second kappa shape index (κ2) is 10.6. The van der Waals surface area contributed by atoms with E-state index in [1.54, 1.807) is 12.4 Å². The van der Waals surface area contributed by atoms with Crippen molar-refractivity contribution < 1.29 is 18.3 Å². The number of alkyl halides is 2. The molecule has 1 saturated carbocycles. The Morgan fingerprint density at radius 2 is 1.82 bits per heavy atom. The molecule has 0 spiro atoms. The molecule has 1 aromatic carbocycles. The minimum atomic E-state index is -2.66. The summed E-state index contributed by atoms with van der Waals surface area (Å²) in [5.74, 6) is 1.26. The highest BCUT2D eigenvalue weighted by Gasteiger charge is 2.27. The van der Waals surface area contributed by atoms with E-state index < -0.39 is 6.43 Å². The van der Waals surface area contributed by atoms with E-state index in [0.717, 1.165) is 54.6 Å². The number of carbonyl (C=O) groups is 1. The van der Waals surface area contributed by atoms with Gasteiger partial charge in [0.2, 0.25) is 5.95 Å². The van der Waals surface area contributed by atoms with Gasteiger partial charge in [0, 0.05) is 36.3 Å². The summed E-state index contributed by atoms with van der Waals surface area (Å²) in [5, 5.41) is 3.00. The molecule has 0 radical (unpaired) electrons. The van der Waals surface area contributed by atoms with Gasteiger partial charge in [0.1, 0.15) is 11.5 Å². The smallest absolute Gasteiger partial charge is 0.308 e. The van der Waals surface area contributed by atoms with E-state index in [9.17, 15) is 13.6 Å². The molecule has 3 aromatic rings. The molecule has 0 unspecified atom stereocenters. The molecule has 1 fully saturated rings. The van der Waals surface area contributed by atoms with Gasteiger partial charge in [-0.2, -0.15) is 0 Å². The van der Waals surface area contributed by atoms with Crippen molar-refractivity contribution in [1.82, 2.24) is 19.9 Å². The van der Waals surface area contributed by atoms with E-state index >= 15 is 0 Å². The van der Waals surface area contributed by atoms with Crippen LogP contribution in [-0.4, -0.2) is 33.0 Å². The minimum absolute atomic E-state index is 0.0110. The van der Waals surface area contributed by atoms with Crippen molar-refractivity contribution in [3.8, 4) is 11.1 Å². The van der Waals surface area contributed by atoms with Crippen molar-refractivity contribution >= 4 is 17.6 Å². The van der Waals surface area contributed by atoms with Crippen molar-refractivity contribution in [2.24, 2.45) is 11.8 Å². The molecule has 4 rings (SSSR count). The minimum Gasteiger partial charge on any atom is -0.469 e. The zero-order valence-corrected chi connectivity index (χ0v) is 19.2. The monoisotopic (exact) mass is 467 g/mol. The first kappa shape index (κ1) is 23.7. The number of hydrogen-bond donors (Lipinski definition) is 1. The van der Waals surface area contributed by atoms with E-state index in [0.29, 0.717) is 11.6 Å². The van der Waals surface area contributed by atoms with Crippen LogP contribution in [0.1, 0.15) is 49.2 Å². The Kier molecular flexibility index (Phi) is 7.40. The summed E-state index contributed by atoms with van der Waals surface area (Å²) in [5.41, 5.74) is 3.10. The molecule has 0 amide bonds. The van der Waals surface area contributed by atoms with Crippen LogP contribution < -0.4 is 5.32 Å². The van der Waals surface area contributed by atoms with Gasteiger partial charge in [-0.05, 0) is 67.9 Å². The molecule has 1 aliphatic carbocycles. The SMILES string of the molecule is COC(=O)[C@H]1CC[C@H](Cc2ncc(-c3cc(C)cc(Nc4nccc(C(F)F)n4)c3)cn2)CC1. The molecular weight excluding hydrogens is 440 g/mol. The van der Waals surface area contributed by atoms with Crippen LogP contribution in [0.5, 0.6) is 0 Å². The van der Waals surface area contributed by atoms with Gasteiger partial charge in [0.25, 0.3) is 6.43 Å². The molecule has 178 valence electrons. The predicted octanol–water partition coefficient (Wildman–Crippen LogP) is 5.45. The van der Waals surface area contributed by atoms with Crippen LogP contribution in [0.3, 0.4) is 0 Å². The van der Waals surface area contributed by atoms with Crippen molar-refractivity contribution in [1.29, 1.82) is 0 Å². The van der Waals surface area contributed by atoms with Crippen molar-refractivity contribution in [3.05, 3.63) is 59.9 Å². The van der Waals surface area contributed by atoms with E-state index in [1.165, 1.54) is 19.4 Å². The molecule has 0 atom stereocenters. The molecule has 1 aliphatic rings. The number of nitrogens with one attached hydrogen (secondary N) is 1. The third-order valence-corrected chi connectivity index (χ3v) is 6.13. The summed E-state index contributed by atoms with van der Waals surface area (Å²) in [6, 6.07) is 6.98. The van der Waals surface area contributed by atoms with Crippen LogP contribution >= 0.6 is 0 Å². The van der Waals surface area contributed by atoms with Gasteiger partial charge in [-0.15, -0.1) is 0 Å². The number of anilines is 2. The normalized spacial score (nSPS) is 18.0. The third kappa shape index (κ3) is 5.89. The van der Waals surface area contributed by atoms with Gasteiger partial charge >= 0.3 is 5.97 Å². The van der Waals surface area contributed by atoms with E-state index in [-0.39, 0.29) is 23.5 Å². The lowest BCUT2D eigenvalue weighted by Crippen LogP contribution is -2.24. The lowest BCUT2D eigenvalue weighted by Gasteiger charge is -2.26. The van der Waals surface area contributed by atoms with Crippen LogP contribution in [0.2, 0.25) is 0 Å². The summed E-state index contributed by atoms with van der Waals surface area (Å²) in [6.45, 7) is 1.95. The van der Waals surface area contributed by atoms with Crippen LogP contribution in [0, 0.1) is 18.8 Å². The summed E-state index contributed by atoms with van der Waals surface area (Å²) >= 11 is 0. The molecule has 34 heavy (non-hydrogen) atoms. The number of benzene rings is 1. The molecule has 2 aromatic heterocycles. The number of carbonyl (C=O) groups excluding carboxylic acids is 1. The molecule has 0 aliphatic heterocycles. The maximum absolute atomic E-state index is 12.9. The maximum Gasteiger partial charge on any atom is 0.308 e. The number of hydrogen-bond acceptors (Lipinski definition) is 7. The standard InChI is InChI=1S/C25H27F2N5O2/c1-15-9-18(12-20(10-15)31-25-28-8-7-21(32-25)23(26)27)19-13-29-22(30-14-19)11-16-3-5-17(6-4-16)24(33)34-2/h7-10,12-14,16-17,23H,3-6,11H2,1-2H3,(H,28,31,32)/t16-,17-. The predicted molar refractivity (Wildman–Crippen MR) is 124 cm³/mol. The van der Waals surface area contributed by atoms with Gasteiger partial charge < -0.3 is 10.1 Å². The van der Waals surface area contributed by atoms with Gasteiger partial charge in [-0.25, -0.2) is 28.7 Å². The number of aryl methyl sites for hydroxylation is 1. The first-order chi connectivity index (χ1) is 16.4. The maximum atomic E-state index is 12.9. The summed E-state index contributed by atoms with van der Waals surface area (Å²) < 4.78 is 30.7. The zero-order chi connectivity index (χ0) is 24.1.